The summed E-state index contributed by atoms with van der Waals surface area (Å²) >= 11 is 0. The molecule has 8 aromatic heterocycles. The molecule has 0 bridgehead atoms. The van der Waals surface area contributed by atoms with Crippen molar-refractivity contribution in [1.82, 2.24) is 37.8 Å². The number of anilines is 3. The van der Waals surface area contributed by atoms with Crippen LogP contribution in [0.5, 0.6) is 0 Å². The van der Waals surface area contributed by atoms with Gasteiger partial charge in [-0.1, -0.05) is 304 Å². The molecule has 0 saturated heterocycles. The van der Waals surface area contributed by atoms with E-state index >= 15 is 0 Å². The van der Waals surface area contributed by atoms with Crippen molar-refractivity contribution in [2.75, 3.05) is 4.90 Å². The maximum atomic E-state index is 5.00. The number of para-hydroxylation sites is 5. The molecule has 0 N–H and O–H groups in total. The molecule has 0 aliphatic heterocycles. The minimum Gasteiger partial charge on any atom is -0.310 e. The van der Waals surface area contributed by atoms with E-state index < -0.39 is 0 Å². The summed E-state index contributed by atoms with van der Waals surface area (Å²) in [5, 5.41) is 8.58. The second kappa shape index (κ2) is 32.4. The highest BCUT2D eigenvalue weighted by Crippen LogP contribution is 2.59. The fourth-order valence-corrected chi connectivity index (χ4v) is 25.8. The molecule has 18 aromatic carbocycles. The molecule has 0 amide bonds. The Bertz CT molecular complexity index is 9930. The SMILES string of the molecule is CC1(C)c2ccccc2-c2ccc3c4ncccc4n(-c4ccc(N(c5ccccc5)c5ccc6c(c5)c5ccccc5n6-c5ccccc5)cc4)c3c21.Cc1cnc2c3ccc4c(c3n(-c3ccc(-c5ccc6c(c5)C(C)(C)c5ccccc5-6)cc3)c2c1)C(C)(C)c1ccccc1-4.Cc1cnc2c3ccc4c(c3n(-c3ccc(-c5ccc6c(c5)c5ccccc5n6-c5ccccc5)cc3)c2c1)C(C)(C)c1ccccc1-4. The molecule has 0 fully saturated rings. The molecule has 9 nitrogen and oxygen atoms in total. The fraction of sp³-hybridized carbons (Fsp3) is 0.102. The Balaban J connectivity index is 0.000000107. The summed E-state index contributed by atoms with van der Waals surface area (Å²) in [5.41, 5.74) is 52.7. The van der Waals surface area contributed by atoms with E-state index in [4.69, 9.17) is 15.0 Å². The van der Waals surface area contributed by atoms with Gasteiger partial charge < -0.3 is 27.7 Å². The smallest absolute Gasteiger partial charge is 0.0963 e. The highest BCUT2D eigenvalue weighted by Gasteiger charge is 2.43. The molecule has 4 aliphatic carbocycles. The monoisotopic (exact) mass is 1870 g/mol. The van der Waals surface area contributed by atoms with Crippen molar-refractivity contribution in [3.05, 3.63) is 499 Å². The minimum atomic E-state index is -0.163. The van der Waals surface area contributed by atoms with E-state index in [1.54, 1.807) is 0 Å². The summed E-state index contributed by atoms with van der Waals surface area (Å²) in [6, 6.07) is 156. The average Bonchev–Trinajstić information content (AvgIpc) is 1.54. The van der Waals surface area contributed by atoms with Crippen molar-refractivity contribution in [3.63, 3.8) is 0 Å². The first-order valence-corrected chi connectivity index (χ1v) is 51.0. The molecule has 0 saturated carbocycles. The van der Waals surface area contributed by atoms with Crippen molar-refractivity contribution in [1.29, 1.82) is 0 Å². The third-order valence-electron chi connectivity index (χ3n) is 32.5. The molecular weight excluding hydrogens is 1770 g/mol. The van der Waals surface area contributed by atoms with Gasteiger partial charge in [0.15, 0.2) is 0 Å². The van der Waals surface area contributed by atoms with Crippen LogP contribution in [0.25, 0.3) is 205 Å². The van der Waals surface area contributed by atoms with E-state index in [-0.39, 0.29) is 21.7 Å². The number of hydrogen-bond donors (Lipinski definition) is 0. The number of rotatable bonds is 10. The van der Waals surface area contributed by atoms with Crippen molar-refractivity contribution in [2.24, 2.45) is 0 Å². The standard InChI is InChI=1S/C50H36N4.C45H33N3.C42H34N2/c1-50(2)43-20-11-9-18-38(43)40-28-29-41-48-46(22-13-31-51-48)54(49(41)47(40)50)36-25-23-35(24-26-36)52(33-14-5-3-6-15-33)37-27-30-45-42(32-37)39-19-10-12-21-44(39)53(45)34-16-7-4-8-17-34;1-28-25-41-43(46-27-28)36-23-22-35-33-13-7-9-15-38(33)45(2,3)42(35)44(36)48(41)32-20-17-29(18-21-32)30-19-24-40-37(26-30)34-14-8-10-16-39(34)47(40)31-11-5-4-6-12-31;1-25-22-37-39(43-24-25)33-21-20-32-30-11-7-9-13-35(30)42(4,5)38(32)40(33)44(37)28-17-14-26(15-18-28)27-16-19-31-29-10-6-8-12-34(29)41(2,3)36(31)23-27/h3-32H,1-2H3;4-27H,1-3H3;6-24H,1-5H3. The van der Waals surface area contributed by atoms with Crippen molar-refractivity contribution in [2.45, 2.75) is 90.9 Å². The summed E-state index contributed by atoms with van der Waals surface area (Å²) in [7, 11) is 0. The highest BCUT2D eigenvalue weighted by molar-refractivity contribution is 6.17. The first-order valence-electron chi connectivity index (χ1n) is 51.0. The van der Waals surface area contributed by atoms with Crippen LogP contribution < -0.4 is 4.90 Å². The van der Waals surface area contributed by atoms with Gasteiger partial charge in [-0.2, -0.15) is 0 Å². The van der Waals surface area contributed by atoms with Gasteiger partial charge in [0.05, 0.1) is 71.7 Å². The van der Waals surface area contributed by atoms with Crippen molar-refractivity contribution < 1.29 is 0 Å². The zero-order valence-electron chi connectivity index (χ0n) is 83.2. The molecular formula is C137H103N9. The summed E-state index contributed by atoms with van der Waals surface area (Å²) < 4.78 is 12.1. The summed E-state index contributed by atoms with van der Waals surface area (Å²) in [6.07, 6.45) is 5.90. The van der Waals surface area contributed by atoms with Crippen LogP contribution in [-0.4, -0.2) is 37.8 Å². The van der Waals surface area contributed by atoms with Gasteiger partial charge in [0.25, 0.3) is 0 Å². The third kappa shape index (κ3) is 12.8. The van der Waals surface area contributed by atoms with Gasteiger partial charge in [-0.25, -0.2) is 0 Å². The van der Waals surface area contributed by atoms with Gasteiger partial charge in [-0.05, 0) is 312 Å². The molecule has 9 heteroatoms. The van der Waals surface area contributed by atoms with E-state index in [0.717, 1.165) is 78.5 Å². The second-order valence-corrected chi connectivity index (χ2v) is 42.3. The van der Waals surface area contributed by atoms with Crippen LogP contribution >= 0.6 is 0 Å². The van der Waals surface area contributed by atoms with Crippen LogP contribution in [0.15, 0.2) is 443 Å². The van der Waals surface area contributed by atoms with Crippen LogP contribution in [0.3, 0.4) is 0 Å². The lowest BCUT2D eigenvalue weighted by atomic mass is 9.81. The van der Waals surface area contributed by atoms with Gasteiger partial charge in [0, 0.05) is 123 Å². The van der Waals surface area contributed by atoms with Crippen LogP contribution in [0.4, 0.5) is 17.1 Å². The molecule has 4 aliphatic rings. The Labute approximate surface area is 848 Å². The predicted molar refractivity (Wildman–Crippen MR) is 610 cm³/mol. The van der Waals surface area contributed by atoms with Gasteiger partial charge >= 0.3 is 0 Å². The molecule has 0 atom stereocenters. The summed E-state index contributed by atoms with van der Waals surface area (Å²) in [6.45, 7) is 23.2. The molecule has 146 heavy (non-hydrogen) atoms. The first-order chi connectivity index (χ1) is 71.3. The number of benzene rings is 18. The number of fused-ring (bicyclic) bond motifs is 30. The van der Waals surface area contributed by atoms with Crippen LogP contribution in [0, 0.1) is 13.8 Å². The highest BCUT2D eigenvalue weighted by atomic mass is 15.1. The minimum absolute atomic E-state index is 0.0134. The molecule has 30 rings (SSSR count). The Morgan fingerprint density at radius 1 is 0.199 bits per heavy atom. The predicted octanol–water partition coefficient (Wildman–Crippen LogP) is 35.4. The van der Waals surface area contributed by atoms with Gasteiger partial charge in [0.2, 0.25) is 0 Å². The molecule has 0 spiro atoms. The maximum absolute atomic E-state index is 5.00. The van der Waals surface area contributed by atoms with Gasteiger partial charge in [0.1, 0.15) is 0 Å². The summed E-state index contributed by atoms with van der Waals surface area (Å²) in [4.78, 5) is 17.3. The number of hydrogen-bond acceptors (Lipinski definition) is 4. The fourth-order valence-electron chi connectivity index (χ4n) is 25.8. The Kier molecular flexibility index (Phi) is 19.1. The van der Waals surface area contributed by atoms with Crippen molar-refractivity contribution >= 4 is 126 Å². The molecule has 0 radical (unpaired) electrons. The zero-order valence-corrected chi connectivity index (χ0v) is 83.2. The topological polar surface area (TPSA) is 66.6 Å². The lowest BCUT2D eigenvalue weighted by molar-refractivity contribution is 0.660. The molecule has 8 heterocycles. The van der Waals surface area contributed by atoms with E-state index in [0.29, 0.717) is 0 Å². The maximum Gasteiger partial charge on any atom is 0.0963 e. The third-order valence-corrected chi connectivity index (χ3v) is 32.5. The van der Waals surface area contributed by atoms with E-state index in [1.807, 2.05) is 24.7 Å². The van der Waals surface area contributed by atoms with E-state index in [2.05, 4.69) is 516 Å². The Morgan fingerprint density at radius 2 is 0.521 bits per heavy atom. The number of aromatic nitrogens is 8. The Hall–Kier alpha value is -17.8. The lowest BCUT2D eigenvalue weighted by Crippen LogP contribution is -2.16. The normalized spacial score (nSPS) is 13.9. The van der Waals surface area contributed by atoms with Gasteiger partial charge in [-0.3, -0.25) is 15.0 Å². The Morgan fingerprint density at radius 3 is 0.993 bits per heavy atom. The second-order valence-electron chi connectivity index (χ2n) is 42.3. The first kappa shape index (κ1) is 86.1. The quantitative estimate of drug-likeness (QED) is 0.137. The average molecular weight is 1880 g/mol. The molecule has 26 aromatic rings. The number of nitrogens with zero attached hydrogens (tertiary/aromatic N) is 9. The molecule has 696 valence electrons. The van der Waals surface area contributed by atoms with E-state index in [1.165, 1.54) is 199 Å². The largest absolute Gasteiger partial charge is 0.310 e. The van der Waals surface area contributed by atoms with Crippen LogP contribution in [0.1, 0.15) is 111 Å². The number of aryl methyl sites for hydroxylation is 2. The lowest BCUT2D eigenvalue weighted by Gasteiger charge is -2.26. The zero-order chi connectivity index (χ0) is 98.1. The van der Waals surface area contributed by atoms with Crippen molar-refractivity contribution in [3.8, 4) is 95.2 Å². The molecule has 0 unspecified atom stereocenters. The van der Waals surface area contributed by atoms with Crippen LogP contribution in [0.2, 0.25) is 0 Å². The number of pyridine rings is 3. The van der Waals surface area contributed by atoms with E-state index in [9.17, 15) is 0 Å². The van der Waals surface area contributed by atoms with Crippen LogP contribution in [-0.2, 0) is 21.7 Å². The van der Waals surface area contributed by atoms with Gasteiger partial charge in [-0.15, -0.1) is 0 Å². The summed E-state index contributed by atoms with van der Waals surface area (Å²) in [5.74, 6) is 0.